The van der Waals surface area contributed by atoms with Crippen LogP contribution in [0.2, 0.25) is 0 Å². The maximum atomic E-state index is 6.13. The van der Waals surface area contributed by atoms with Gasteiger partial charge >= 0.3 is 0 Å². The van der Waals surface area contributed by atoms with Crippen LogP contribution in [0, 0.1) is 0 Å². The normalized spacial score (nSPS) is 15.8. The molecule has 1 heterocycles. The number of hydrogen-bond acceptors (Lipinski definition) is 4. The summed E-state index contributed by atoms with van der Waals surface area (Å²) >= 11 is 0. The van der Waals surface area contributed by atoms with Gasteiger partial charge in [-0.05, 0) is 38.0 Å². The van der Waals surface area contributed by atoms with E-state index in [1.54, 1.807) is 0 Å². The summed E-state index contributed by atoms with van der Waals surface area (Å²) in [7, 11) is 0. The molecule has 2 rings (SSSR count). The van der Waals surface area contributed by atoms with Crippen molar-refractivity contribution in [1.82, 2.24) is 0 Å². The van der Waals surface area contributed by atoms with Crippen molar-refractivity contribution in [2.24, 2.45) is 5.73 Å². The van der Waals surface area contributed by atoms with E-state index in [0.29, 0.717) is 6.61 Å². The van der Waals surface area contributed by atoms with E-state index in [4.69, 9.17) is 19.9 Å². The van der Waals surface area contributed by atoms with E-state index >= 15 is 0 Å². The molecular weight excluding hydrogens is 230 g/mol. The van der Waals surface area contributed by atoms with Crippen molar-refractivity contribution < 1.29 is 14.2 Å². The molecule has 0 saturated heterocycles. The highest BCUT2D eigenvalue weighted by atomic mass is 16.7. The van der Waals surface area contributed by atoms with Gasteiger partial charge in [-0.2, -0.15) is 0 Å². The Balaban J connectivity index is 1.99. The second-order valence-corrected chi connectivity index (χ2v) is 5.14. The molecule has 18 heavy (non-hydrogen) atoms. The Morgan fingerprint density at radius 3 is 2.78 bits per heavy atom. The van der Waals surface area contributed by atoms with E-state index in [2.05, 4.69) is 20.8 Å². The van der Waals surface area contributed by atoms with Crippen molar-refractivity contribution in [3.05, 3.63) is 23.8 Å². The minimum Gasteiger partial charge on any atom is -0.454 e. The van der Waals surface area contributed by atoms with Crippen LogP contribution < -0.4 is 15.2 Å². The van der Waals surface area contributed by atoms with Gasteiger partial charge in [0, 0.05) is 0 Å². The largest absolute Gasteiger partial charge is 0.454 e. The molecule has 100 valence electrons. The fourth-order valence-corrected chi connectivity index (χ4v) is 1.66. The van der Waals surface area contributed by atoms with Crippen molar-refractivity contribution in [3.63, 3.8) is 0 Å². The first-order chi connectivity index (χ1) is 8.52. The number of hydrogen-bond donors (Lipinski definition) is 1. The molecule has 4 nitrogen and oxygen atoms in total. The lowest BCUT2D eigenvalue weighted by atomic mass is 10.1. The zero-order chi connectivity index (χ0) is 13.2. The quantitative estimate of drug-likeness (QED) is 0.874. The van der Waals surface area contributed by atoms with Crippen molar-refractivity contribution >= 4 is 0 Å². The molecule has 4 heteroatoms. The number of nitrogens with two attached hydrogens (primary N) is 1. The first-order valence-electron chi connectivity index (χ1n) is 6.31. The predicted octanol–water partition coefficient (Wildman–Crippen LogP) is 2.62. The van der Waals surface area contributed by atoms with Crippen LogP contribution in [0.5, 0.6) is 11.5 Å². The Hall–Kier alpha value is -1.26. The lowest BCUT2D eigenvalue weighted by Gasteiger charge is -2.25. The predicted molar refractivity (Wildman–Crippen MR) is 69.8 cm³/mol. The smallest absolute Gasteiger partial charge is 0.231 e. The second-order valence-electron chi connectivity index (χ2n) is 5.14. The highest BCUT2D eigenvalue weighted by molar-refractivity contribution is 5.45. The van der Waals surface area contributed by atoms with E-state index in [0.717, 1.165) is 23.5 Å². The third-order valence-corrected chi connectivity index (χ3v) is 3.33. The summed E-state index contributed by atoms with van der Waals surface area (Å²) in [4.78, 5) is 0. The third kappa shape index (κ3) is 2.94. The Kier molecular flexibility index (Phi) is 3.78. The van der Waals surface area contributed by atoms with E-state index < -0.39 is 0 Å². The summed E-state index contributed by atoms with van der Waals surface area (Å²) in [6, 6.07) is 5.63. The Labute approximate surface area is 108 Å². The molecular formula is C14H21NO3. The van der Waals surface area contributed by atoms with Crippen LogP contribution in [0.15, 0.2) is 18.2 Å². The molecule has 1 aromatic rings. The van der Waals surface area contributed by atoms with Gasteiger partial charge in [0.15, 0.2) is 11.5 Å². The molecule has 0 aliphatic carbocycles. The minimum absolute atomic E-state index is 0.131. The molecule has 1 aliphatic heterocycles. The lowest BCUT2D eigenvalue weighted by molar-refractivity contribution is -0.0267. The van der Waals surface area contributed by atoms with Crippen LogP contribution in [0.4, 0.5) is 0 Å². The minimum atomic E-state index is -0.148. The van der Waals surface area contributed by atoms with Gasteiger partial charge in [-0.3, -0.25) is 0 Å². The van der Waals surface area contributed by atoms with Crippen molar-refractivity contribution in [2.45, 2.75) is 38.8 Å². The molecule has 0 saturated carbocycles. The standard InChI is InChI=1S/C14H21NO3/c1-4-14(2,3)18-8-11(15)10-5-6-12-13(7-10)17-9-16-12/h5-7,11H,4,8-9,15H2,1-3H3. The maximum Gasteiger partial charge on any atom is 0.231 e. The van der Waals surface area contributed by atoms with Crippen molar-refractivity contribution in [3.8, 4) is 11.5 Å². The van der Waals surface area contributed by atoms with E-state index in [1.165, 1.54) is 0 Å². The number of benzene rings is 1. The summed E-state index contributed by atoms with van der Waals surface area (Å²) < 4.78 is 16.4. The Morgan fingerprint density at radius 2 is 2.06 bits per heavy atom. The SMILES string of the molecule is CCC(C)(C)OCC(N)c1ccc2c(c1)OCO2. The second kappa shape index (κ2) is 5.16. The number of fused-ring (bicyclic) bond motifs is 1. The molecule has 0 spiro atoms. The fraction of sp³-hybridized carbons (Fsp3) is 0.571. The molecule has 0 fully saturated rings. The van der Waals surface area contributed by atoms with Crippen molar-refractivity contribution in [1.29, 1.82) is 0 Å². The maximum absolute atomic E-state index is 6.13. The van der Waals surface area contributed by atoms with Crippen LogP contribution in [-0.2, 0) is 4.74 Å². The van der Waals surface area contributed by atoms with Crippen LogP contribution in [0.3, 0.4) is 0 Å². The zero-order valence-corrected chi connectivity index (χ0v) is 11.2. The summed E-state index contributed by atoms with van der Waals surface area (Å²) in [5, 5.41) is 0. The molecule has 0 radical (unpaired) electrons. The summed E-state index contributed by atoms with van der Waals surface area (Å²) in [6.45, 7) is 7.03. The fourth-order valence-electron chi connectivity index (χ4n) is 1.66. The molecule has 0 amide bonds. The number of ether oxygens (including phenoxy) is 3. The number of rotatable bonds is 5. The Bertz CT molecular complexity index is 418. The van der Waals surface area contributed by atoms with Crippen LogP contribution in [0.25, 0.3) is 0 Å². The lowest BCUT2D eigenvalue weighted by Crippen LogP contribution is -2.28. The van der Waals surface area contributed by atoms with Gasteiger partial charge in [0.1, 0.15) is 0 Å². The monoisotopic (exact) mass is 251 g/mol. The van der Waals surface area contributed by atoms with Gasteiger partial charge < -0.3 is 19.9 Å². The summed E-state index contributed by atoms with van der Waals surface area (Å²) in [6.07, 6.45) is 0.959. The van der Waals surface area contributed by atoms with Crippen LogP contribution in [-0.4, -0.2) is 19.0 Å². The van der Waals surface area contributed by atoms with Crippen LogP contribution in [0.1, 0.15) is 38.8 Å². The molecule has 1 aliphatic rings. The van der Waals surface area contributed by atoms with E-state index in [1.807, 2.05) is 18.2 Å². The third-order valence-electron chi connectivity index (χ3n) is 3.33. The first-order valence-corrected chi connectivity index (χ1v) is 6.31. The van der Waals surface area contributed by atoms with Gasteiger partial charge in [-0.1, -0.05) is 13.0 Å². The molecule has 1 atom stereocenters. The molecule has 0 aromatic heterocycles. The van der Waals surface area contributed by atoms with Gasteiger partial charge in [0.25, 0.3) is 0 Å². The van der Waals surface area contributed by atoms with Crippen molar-refractivity contribution in [2.75, 3.05) is 13.4 Å². The first kappa shape index (κ1) is 13.2. The highest BCUT2D eigenvalue weighted by Crippen LogP contribution is 2.34. The van der Waals surface area contributed by atoms with Gasteiger partial charge in [0.2, 0.25) is 6.79 Å². The average molecular weight is 251 g/mol. The molecule has 0 bridgehead atoms. The highest BCUT2D eigenvalue weighted by Gasteiger charge is 2.19. The summed E-state index contributed by atoms with van der Waals surface area (Å²) in [5.74, 6) is 1.54. The van der Waals surface area contributed by atoms with Gasteiger partial charge in [-0.15, -0.1) is 0 Å². The van der Waals surface area contributed by atoms with Gasteiger partial charge in [-0.25, -0.2) is 0 Å². The van der Waals surface area contributed by atoms with E-state index in [-0.39, 0.29) is 18.4 Å². The Morgan fingerprint density at radius 1 is 1.33 bits per heavy atom. The zero-order valence-electron chi connectivity index (χ0n) is 11.2. The average Bonchev–Trinajstić information content (AvgIpc) is 2.83. The van der Waals surface area contributed by atoms with Crippen LogP contribution >= 0.6 is 0 Å². The summed E-state index contributed by atoms with van der Waals surface area (Å²) in [5.41, 5.74) is 7.00. The molecule has 1 unspecified atom stereocenters. The van der Waals surface area contributed by atoms with Gasteiger partial charge in [0.05, 0.1) is 18.2 Å². The topological polar surface area (TPSA) is 53.7 Å². The van der Waals surface area contributed by atoms with E-state index in [9.17, 15) is 0 Å². The molecule has 1 aromatic carbocycles. The molecule has 2 N–H and O–H groups in total.